The molecule has 0 aliphatic carbocycles. The predicted molar refractivity (Wildman–Crippen MR) is 155 cm³/mol. The molecule has 0 aromatic heterocycles. The largest absolute Gasteiger partial charge is 0.465 e. The molecule has 0 amide bonds. The van der Waals surface area contributed by atoms with Crippen molar-refractivity contribution >= 4 is 11.9 Å². The Balaban J connectivity index is 4.84. The average Bonchev–Trinajstić information content (AvgIpc) is 2.82. The monoisotopic (exact) mass is 526 g/mol. The molecule has 0 spiro atoms. The first-order valence-electron chi connectivity index (χ1n) is 15.4. The van der Waals surface area contributed by atoms with Crippen molar-refractivity contribution in [3.63, 3.8) is 0 Å². The average molecular weight is 527 g/mol. The standard InChI is InChI=1S/C32H62O5/c1-8-11-14-16-18-20-29(33)36-24-28(25-37-30(34)21-19-17-15-12-9-2)23-31(4,5)26-32(6,7)27-35-22-13-10-3/h28H,8-27H2,1-7H3. The van der Waals surface area contributed by atoms with E-state index in [9.17, 15) is 9.59 Å². The second-order valence-corrected chi connectivity index (χ2v) is 12.7. The highest BCUT2D eigenvalue weighted by Crippen LogP contribution is 2.39. The third-order valence-electron chi connectivity index (χ3n) is 6.86. The van der Waals surface area contributed by atoms with Crippen molar-refractivity contribution < 1.29 is 23.8 Å². The molecule has 0 rings (SSSR count). The van der Waals surface area contributed by atoms with E-state index in [1.807, 2.05) is 0 Å². The second kappa shape index (κ2) is 21.8. The summed E-state index contributed by atoms with van der Waals surface area (Å²) in [5.41, 5.74) is 0.0491. The van der Waals surface area contributed by atoms with Crippen molar-refractivity contribution in [2.75, 3.05) is 26.4 Å². The predicted octanol–water partition coefficient (Wildman–Crippen LogP) is 9.06. The van der Waals surface area contributed by atoms with Crippen LogP contribution in [0.1, 0.15) is 151 Å². The molecule has 0 fully saturated rings. The molecule has 5 nitrogen and oxygen atoms in total. The summed E-state index contributed by atoms with van der Waals surface area (Å²) in [5, 5.41) is 0. The number of unbranched alkanes of at least 4 members (excludes halogenated alkanes) is 9. The van der Waals surface area contributed by atoms with Gasteiger partial charge in [-0.3, -0.25) is 9.59 Å². The van der Waals surface area contributed by atoms with Gasteiger partial charge in [-0.1, -0.05) is 106 Å². The lowest BCUT2D eigenvalue weighted by Crippen LogP contribution is -2.32. The molecule has 0 unspecified atom stereocenters. The van der Waals surface area contributed by atoms with E-state index in [1.165, 1.54) is 38.5 Å². The molecule has 0 aliphatic heterocycles. The quantitative estimate of drug-likeness (QED) is 0.0877. The molecule has 0 N–H and O–H groups in total. The molecule has 0 aromatic rings. The second-order valence-electron chi connectivity index (χ2n) is 12.7. The van der Waals surface area contributed by atoms with Crippen molar-refractivity contribution in [2.45, 2.75) is 151 Å². The van der Waals surface area contributed by atoms with Crippen LogP contribution in [-0.4, -0.2) is 38.4 Å². The molecular formula is C32H62O5. The Kier molecular flexibility index (Phi) is 21.1. The Morgan fingerprint density at radius 1 is 0.622 bits per heavy atom. The molecule has 0 saturated carbocycles. The van der Waals surface area contributed by atoms with Gasteiger partial charge >= 0.3 is 11.9 Å². The lowest BCUT2D eigenvalue weighted by molar-refractivity contribution is -0.150. The Bertz CT molecular complexity index is 540. The number of carbonyl (C=O) groups excluding carboxylic acids is 2. The van der Waals surface area contributed by atoms with Gasteiger partial charge in [0.15, 0.2) is 0 Å². The molecule has 0 saturated heterocycles. The van der Waals surface area contributed by atoms with Crippen LogP contribution in [0.5, 0.6) is 0 Å². The van der Waals surface area contributed by atoms with E-state index < -0.39 is 0 Å². The van der Waals surface area contributed by atoms with E-state index in [0.717, 1.165) is 64.6 Å². The maximum Gasteiger partial charge on any atom is 0.305 e. The van der Waals surface area contributed by atoms with Crippen LogP contribution in [0.2, 0.25) is 0 Å². The van der Waals surface area contributed by atoms with Crippen molar-refractivity contribution in [3.8, 4) is 0 Å². The number of hydrogen-bond acceptors (Lipinski definition) is 5. The van der Waals surface area contributed by atoms with Crippen LogP contribution in [0, 0.1) is 16.7 Å². The van der Waals surface area contributed by atoms with E-state index >= 15 is 0 Å². The van der Waals surface area contributed by atoms with Crippen LogP contribution < -0.4 is 0 Å². The Morgan fingerprint density at radius 3 is 1.54 bits per heavy atom. The van der Waals surface area contributed by atoms with Gasteiger partial charge in [0.25, 0.3) is 0 Å². The zero-order valence-electron chi connectivity index (χ0n) is 25.8. The van der Waals surface area contributed by atoms with Crippen molar-refractivity contribution in [2.24, 2.45) is 16.7 Å². The van der Waals surface area contributed by atoms with Crippen LogP contribution in [-0.2, 0) is 23.8 Å². The topological polar surface area (TPSA) is 61.8 Å². The van der Waals surface area contributed by atoms with Gasteiger partial charge in [-0.25, -0.2) is 0 Å². The molecule has 0 bridgehead atoms. The van der Waals surface area contributed by atoms with Crippen molar-refractivity contribution in [1.29, 1.82) is 0 Å². The number of esters is 2. The lowest BCUT2D eigenvalue weighted by atomic mass is 9.71. The Morgan fingerprint density at radius 2 is 1.08 bits per heavy atom. The molecular weight excluding hydrogens is 464 g/mol. The summed E-state index contributed by atoms with van der Waals surface area (Å²) in [7, 11) is 0. The molecule has 0 atom stereocenters. The smallest absolute Gasteiger partial charge is 0.305 e. The number of ether oxygens (including phenoxy) is 3. The summed E-state index contributed by atoms with van der Waals surface area (Å²) >= 11 is 0. The highest BCUT2D eigenvalue weighted by molar-refractivity contribution is 5.69. The zero-order chi connectivity index (χ0) is 28.0. The molecule has 0 aliphatic rings. The summed E-state index contributed by atoms with van der Waals surface area (Å²) in [5.74, 6) is -0.266. The summed E-state index contributed by atoms with van der Waals surface area (Å²) in [6.07, 6.45) is 16.1. The van der Waals surface area contributed by atoms with E-state index in [0.29, 0.717) is 26.1 Å². The summed E-state index contributed by atoms with van der Waals surface area (Å²) < 4.78 is 17.3. The van der Waals surface area contributed by atoms with Gasteiger partial charge < -0.3 is 14.2 Å². The summed E-state index contributed by atoms with van der Waals surface area (Å²) in [4.78, 5) is 24.7. The van der Waals surface area contributed by atoms with Gasteiger partial charge in [0.2, 0.25) is 0 Å². The minimum absolute atomic E-state index is 0.0000995. The van der Waals surface area contributed by atoms with Gasteiger partial charge in [-0.05, 0) is 42.9 Å². The highest BCUT2D eigenvalue weighted by Gasteiger charge is 2.32. The third-order valence-corrected chi connectivity index (χ3v) is 6.86. The maximum absolute atomic E-state index is 12.4. The molecule has 0 radical (unpaired) electrons. The number of rotatable bonds is 25. The number of carbonyl (C=O) groups is 2. The van der Waals surface area contributed by atoms with Crippen molar-refractivity contribution in [3.05, 3.63) is 0 Å². The van der Waals surface area contributed by atoms with Crippen LogP contribution in [0.15, 0.2) is 0 Å². The first kappa shape index (κ1) is 35.9. The first-order valence-corrected chi connectivity index (χ1v) is 15.4. The van der Waals surface area contributed by atoms with E-state index in [-0.39, 0.29) is 28.7 Å². The van der Waals surface area contributed by atoms with E-state index in [4.69, 9.17) is 14.2 Å². The molecule has 0 heterocycles. The van der Waals surface area contributed by atoms with Gasteiger partial charge in [0.05, 0.1) is 19.8 Å². The number of hydrogen-bond donors (Lipinski definition) is 0. The SMILES string of the molecule is CCCCCCCC(=O)OCC(COC(=O)CCCCCCC)CC(C)(C)CC(C)(C)COCCCC. The third kappa shape index (κ3) is 22.6. The first-order chi connectivity index (χ1) is 17.5. The fraction of sp³-hybridized carbons (Fsp3) is 0.938. The van der Waals surface area contributed by atoms with Gasteiger partial charge in [-0.15, -0.1) is 0 Å². The van der Waals surface area contributed by atoms with Crippen LogP contribution in [0.25, 0.3) is 0 Å². The van der Waals surface area contributed by atoms with Crippen LogP contribution in [0.4, 0.5) is 0 Å². The molecule has 220 valence electrons. The maximum atomic E-state index is 12.4. The fourth-order valence-electron chi connectivity index (χ4n) is 5.27. The summed E-state index contributed by atoms with van der Waals surface area (Å²) in [6, 6.07) is 0. The molecule has 37 heavy (non-hydrogen) atoms. The van der Waals surface area contributed by atoms with Gasteiger partial charge in [0, 0.05) is 25.4 Å². The summed E-state index contributed by atoms with van der Waals surface area (Å²) in [6.45, 7) is 17.8. The highest BCUT2D eigenvalue weighted by atomic mass is 16.5. The van der Waals surface area contributed by atoms with Crippen LogP contribution >= 0.6 is 0 Å². The van der Waals surface area contributed by atoms with Gasteiger partial charge in [0.1, 0.15) is 0 Å². The Hall–Kier alpha value is -1.10. The zero-order valence-corrected chi connectivity index (χ0v) is 25.8. The van der Waals surface area contributed by atoms with Gasteiger partial charge in [-0.2, -0.15) is 0 Å². The Labute approximate surface area is 230 Å². The van der Waals surface area contributed by atoms with Crippen LogP contribution in [0.3, 0.4) is 0 Å². The lowest BCUT2D eigenvalue weighted by Gasteiger charge is -2.37. The van der Waals surface area contributed by atoms with E-state index in [2.05, 4.69) is 48.5 Å². The van der Waals surface area contributed by atoms with E-state index in [1.54, 1.807) is 0 Å². The minimum Gasteiger partial charge on any atom is -0.465 e. The molecule has 0 aromatic carbocycles. The fourth-order valence-corrected chi connectivity index (χ4v) is 5.27. The molecule has 5 heteroatoms. The normalized spacial score (nSPS) is 12.2. The minimum atomic E-state index is -0.133. The van der Waals surface area contributed by atoms with Crippen molar-refractivity contribution in [1.82, 2.24) is 0 Å².